The lowest BCUT2D eigenvalue weighted by molar-refractivity contribution is 0.0923. The molecule has 0 heterocycles. The molecule has 0 aliphatic heterocycles. The highest BCUT2D eigenvalue weighted by molar-refractivity contribution is 9.10. The lowest BCUT2D eigenvalue weighted by Crippen LogP contribution is -2.36. The van der Waals surface area contributed by atoms with Crippen molar-refractivity contribution in [3.8, 4) is 0 Å². The van der Waals surface area contributed by atoms with Crippen molar-refractivity contribution in [3.05, 3.63) is 34.1 Å². The molecule has 0 spiro atoms. The summed E-state index contributed by atoms with van der Waals surface area (Å²) in [6.45, 7) is 0. The van der Waals surface area contributed by atoms with Gasteiger partial charge in [-0.05, 0) is 40.9 Å². The average Bonchev–Trinajstić information content (AvgIpc) is 2.30. The highest BCUT2D eigenvalue weighted by Crippen LogP contribution is 2.22. The summed E-state index contributed by atoms with van der Waals surface area (Å²) in [7, 11) is 0. The van der Waals surface area contributed by atoms with Crippen LogP contribution in [0.25, 0.3) is 0 Å². The standard InChI is InChI=1S/C13H15BrFNO/c14-10-7-4-8-11(15)12(10)13(17)16-9-5-2-1-3-6-9/h4,7-9H,1-3,5-6H2,(H,16,17). The molecule has 0 saturated heterocycles. The van der Waals surface area contributed by atoms with Crippen LogP contribution in [0.1, 0.15) is 42.5 Å². The topological polar surface area (TPSA) is 29.1 Å². The van der Waals surface area contributed by atoms with Crippen molar-refractivity contribution >= 4 is 21.8 Å². The molecule has 1 fully saturated rings. The Morgan fingerprint density at radius 1 is 1.29 bits per heavy atom. The summed E-state index contributed by atoms with van der Waals surface area (Å²) in [5.41, 5.74) is 0.109. The first kappa shape index (κ1) is 12.6. The monoisotopic (exact) mass is 299 g/mol. The summed E-state index contributed by atoms with van der Waals surface area (Å²) in [4.78, 5) is 12.0. The molecule has 1 aromatic carbocycles. The molecule has 1 aliphatic carbocycles. The highest BCUT2D eigenvalue weighted by Gasteiger charge is 2.20. The number of amides is 1. The number of hydrogen-bond donors (Lipinski definition) is 1. The van der Waals surface area contributed by atoms with E-state index >= 15 is 0 Å². The molecule has 1 saturated carbocycles. The van der Waals surface area contributed by atoms with Gasteiger partial charge in [-0.25, -0.2) is 4.39 Å². The summed E-state index contributed by atoms with van der Waals surface area (Å²) in [6, 6.07) is 4.76. The maximum atomic E-state index is 13.6. The fraction of sp³-hybridized carbons (Fsp3) is 0.462. The molecule has 17 heavy (non-hydrogen) atoms. The predicted octanol–water partition coefficient (Wildman–Crippen LogP) is 3.65. The highest BCUT2D eigenvalue weighted by atomic mass is 79.9. The normalized spacial score (nSPS) is 16.8. The van der Waals surface area contributed by atoms with E-state index in [1.54, 1.807) is 12.1 Å². The van der Waals surface area contributed by atoms with E-state index in [0.717, 1.165) is 25.7 Å². The largest absolute Gasteiger partial charge is 0.349 e. The first-order valence-electron chi connectivity index (χ1n) is 5.93. The van der Waals surface area contributed by atoms with Gasteiger partial charge in [-0.1, -0.05) is 25.3 Å². The van der Waals surface area contributed by atoms with Crippen LogP contribution < -0.4 is 5.32 Å². The second kappa shape index (κ2) is 5.63. The van der Waals surface area contributed by atoms with E-state index in [9.17, 15) is 9.18 Å². The Hall–Kier alpha value is -0.900. The van der Waals surface area contributed by atoms with E-state index in [1.165, 1.54) is 12.5 Å². The Morgan fingerprint density at radius 2 is 2.00 bits per heavy atom. The molecule has 0 radical (unpaired) electrons. The van der Waals surface area contributed by atoms with Crippen molar-refractivity contribution in [2.75, 3.05) is 0 Å². The van der Waals surface area contributed by atoms with Crippen molar-refractivity contribution in [1.82, 2.24) is 5.32 Å². The minimum atomic E-state index is -0.479. The fourth-order valence-electron chi connectivity index (χ4n) is 2.22. The van der Waals surface area contributed by atoms with Gasteiger partial charge in [0.1, 0.15) is 5.82 Å². The molecule has 2 nitrogen and oxygen atoms in total. The van der Waals surface area contributed by atoms with Crippen LogP contribution in [0, 0.1) is 5.82 Å². The van der Waals surface area contributed by atoms with E-state index in [0.29, 0.717) is 4.47 Å². The van der Waals surface area contributed by atoms with E-state index in [-0.39, 0.29) is 17.5 Å². The molecule has 0 unspecified atom stereocenters. The molecular weight excluding hydrogens is 285 g/mol. The second-order valence-corrected chi connectivity index (χ2v) is 5.26. The average molecular weight is 300 g/mol. The zero-order valence-electron chi connectivity index (χ0n) is 9.51. The molecule has 1 N–H and O–H groups in total. The molecule has 0 atom stereocenters. The van der Waals surface area contributed by atoms with Crippen LogP contribution in [-0.2, 0) is 0 Å². The Kier molecular flexibility index (Phi) is 4.15. The van der Waals surface area contributed by atoms with Crippen LogP contribution in [0.2, 0.25) is 0 Å². The molecule has 0 aromatic heterocycles. The fourth-order valence-corrected chi connectivity index (χ4v) is 2.74. The quantitative estimate of drug-likeness (QED) is 0.887. The zero-order chi connectivity index (χ0) is 12.3. The summed E-state index contributed by atoms with van der Waals surface area (Å²) in [5, 5.41) is 2.91. The van der Waals surface area contributed by atoms with Gasteiger partial charge in [0.05, 0.1) is 5.56 Å². The number of rotatable bonds is 2. The van der Waals surface area contributed by atoms with Crippen molar-refractivity contribution in [1.29, 1.82) is 0 Å². The van der Waals surface area contributed by atoms with Crippen molar-refractivity contribution in [2.45, 2.75) is 38.1 Å². The van der Waals surface area contributed by atoms with Gasteiger partial charge >= 0.3 is 0 Å². The molecule has 92 valence electrons. The summed E-state index contributed by atoms with van der Waals surface area (Å²) < 4.78 is 14.1. The Morgan fingerprint density at radius 3 is 2.65 bits per heavy atom. The third-order valence-electron chi connectivity index (χ3n) is 3.13. The first-order valence-corrected chi connectivity index (χ1v) is 6.72. The molecule has 0 bridgehead atoms. The third kappa shape index (κ3) is 3.06. The van der Waals surface area contributed by atoms with Gasteiger partial charge in [0.15, 0.2) is 0 Å². The minimum absolute atomic E-state index is 0.109. The van der Waals surface area contributed by atoms with E-state index in [2.05, 4.69) is 21.2 Å². The Balaban J connectivity index is 2.08. The molecule has 1 aliphatic rings. The minimum Gasteiger partial charge on any atom is -0.349 e. The maximum absolute atomic E-state index is 13.6. The van der Waals surface area contributed by atoms with Gasteiger partial charge in [0, 0.05) is 10.5 Å². The lowest BCUT2D eigenvalue weighted by Gasteiger charge is -2.23. The predicted molar refractivity (Wildman–Crippen MR) is 68.4 cm³/mol. The van der Waals surface area contributed by atoms with E-state index in [1.807, 2.05) is 0 Å². The Bertz CT molecular complexity index is 396. The van der Waals surface area contributed by atoms with Crippen LogP contribution in [0.4, 0.5) is 4.39 Å². The van der Waals surface area contributed by atoms with Crippen molar-refractivity contribution in [2.24, 2.45) is 0 Å². The van der Waals surface area contributed by atoms with Crippen molar-refractivity contribution in [3.63, 3.8) is 0 Å². The van der Waals surface area contributed by atoms with Crippen LogP contribution in [-0.4, -0.2) is 11.9 Å². The number of benzene rings is 1. The lowest BCUT2D eigenvalue weighted by atomic mass is 9.95. The Labute approximate surface area is 109 Å². The maximum Gasteiger partial charge on any atom is 0.255 e. The number of nitrogens with one attached hydrogen (secondary N) is 1. The number of carbonyl (C=O) groups is 1. The van der Waals surface area contributed by atoms with Crippen LogP contribution in [0.3, 0.4) is 0 Å². The van der Waals surface area contributed by atoms with E-state index in [4.69, 9.17) is 0 Å². The number of hydrogen-bond acceptors (Lipinski definition) is 1. The van der Waals surface area contributed by atoms with Crippen LogP contribution in [0.5, 0.6) is 0 Å². The number of halogens is 2. The van der Waals surface area contributed by atoms with Crippen LogP contribution >= 0.6 is 15.9 Å². The third-order valence-corrected chi connectivity index (χ3v) is 3.79. The first-order chi connectivity index (χ1) is 8.18. The van der Waals surface area contributed by atoms with Crippen LogP contribution in [0.15, 0.2) is 22.7 Å². The van der Waals surface area contributed by atoms with Gasteiger partial charge in [0.2, 0.25) is 0 Å². The smallest absolute Gasteiger partial charge is 0.255 e. The molecular formula is C13H15BrFNO. The van der Waals surface area contributed by atoms with Gasteiger partial charge in [-0.15, -0.1) is 0 Å². The SMILES string of the molecule is O=C(NC1CCCCC1)c1c(F)cccc1Br. The summed E-state index contributed by atoms with van der Waals surface area (Å²) in [6.07, 6.45) is 5.51. The second-order valence-electron chi connectivity index (χ2n) is 4.41. The van der Waals surface area contributed by atoms with Gasteiger partial charge < -0.3 is 5.32 Å². The van der Waals surface area contributed by atoms with E-state index < -0.39 is 5.82 Å². The van der Waals surface area contributed by atoms with Crippen molar-refractivity contribution < 1.29 is 9.18 Å². The molecule has 4 heteroatoms. The summed E-state index contributed by atoms with van der Waals surface area (Å²) >= 11 is 3.21. The molecule has 1 amide bonds. The number of carbonyl (C=O) groups excluding carboxylic acids is 1. The summed E-state index contributed by atoms with van der Waals surface area (Å²) in [5.74, 6) is -0.797. The molecule has 2 rings (SSSR count). The van der Waals surface area contributed by atoms with Gasteiger partial charge in [-0.3, -0.25) is 4.79 Å². The van der Waals surface area contributed by atoms with Gasteiger partial charge in [-0.2, -0.15) is 0 Å². The van der Waals surface area contributed by atoms with Gasteiger partial charge in [0.25, 0.3) is 5.91 Å². The zero-order valence-corrected chi connectivity index (χ0v) is 11.1. The molecule has 1 aromatic rings.